The number of nitrogens with zero attached hydrogens (tertiary/aromatic N) is 2. The molecule has 2 aromatic rings. The van der Waals surface area contributed by atoms with Crippen LogP contribution in [0, 0.1) is 0 Å². The molecule has 24 heavy (non-hydrogen) atoms. The average Bonchev–Trinajstić information content (AvgIpc) is 2.62. The Morgan fingerprint density at radius 2 is 1.58 bits per heavy atom. The van der Waals surface area contributed by atoms with Gasteiger partial charge in [0, 0.05) is 30.7 Å². The highest BCUT2D eigenvalue weighted by atomic mass is 79.9. The number of methoxy groups -OCH3 is 1. The zero-order chi connectivity index (χ0) is 17.2. The van der Waals surface area contributed by atoms with Crippen molar-refractivity contribution >= 4 is 31.6 Å². The standard InChI is InChI=1S/C17H19BrN2O3S/c1-23-16-8-4-3-7-15(16)19-10-12-20(13-11-19)24(21,22)17-9-5-2-6-14(17)18/h2-9H,10-13H2,1H3. The summed E-state index contributed by atoms with van der Waals surface area (Å²) in [5.74, 6) is 0.805. The van der Waals surface area contributed by atoms with E-state index in [1.165, 1.54) is 0 Å². The van der Waals surface area contributed by atoms with Gasteiger partial charge in [-0.2, -0.15) is 4.31 Å². The Morgan fingerprint density at radius 3 is 2.25 bits per heavy atom. The topological polar surface area (TPSA) is 49.9 Å². The summed E-state index contributed by atoms with van der Waals surface area (Å²) in [4.78, 5) is 2.47. The summed E-state index contributed by atoms with van der Waals surface area (Å²) >= 11 is 3.33. The van der Waals surface area contributed by atoms with Gasteiger partial charge in [0.25, 0.3) is 0 Å². The van der Waals surface area contributed by atoms with Gasteiger partial charge in [0.1, 0.15) is 5.75 Å². The Hall–Kier alpha value is -1.57. The van der Waals surface area contributed by atoms with Gasteiger partial charge in [-0.25, -0.2) is 8.42 Å². The first-order valence-electron chi connectivity index (χ1n) is 7.66. The van der Waals surface area contributed by atoms with Crippen LogP contribution in [0.25, 0.3) is 0 Å². The summed E-state index contributed by atoms with van der Waals surface area (Å²) in [6.07, 6.45) is 0. The van der Waals surface area contributed by atoms with Crippen LogP contribution in [0.5, 0.6) is 5.75 Å². The van der Waals surface area contributed by atoms with Gasteiger partial charge in [-0.1, -0.05) is 24.3 Å². The van der Waals surface area contributed by atoms with Crippen LogP contribution in [0.4, 0.5) is 5.69 Å². The molecule has 1 aliphatic heterocycles. The molecule has 1 saturated heterocycles. The van der Waals surface area contributed by atoms with Gasteiger partial charge in [-0.3, -0.25) is 0 Å². The number of hydrogen-bond acceptors (Lipinski definition) is 4. The van der Waals surface area contributed by atoms with Crippen LogP contribution in [0.2, 0.25) is 0 Å². The fourth-order valence-corrected chi connectivity index (χ4v) is 5.24. The zero-order valence-corrected chi connectivity index (χ0v) is 15.8. The number of hydrogen-bond donors (Lipinski definition) is 0. The zero-order valence-electron chi connectivity index (χ0n) is 13.4. The Labute approximate surface area is 151 Å². The van der Waals surface area contributed by atoms with Crippen molar-refractivity contribution in [2.75, 3.05) is 38.2 Å². The first-order valence-corrected chi connectivity index (χ1v) is 9.90. The van der Waals surface area contributed by atoms with Crippen molar-refractivity contribution in [2.24, 2.45) is 0 Å². The lowest BCUT2D eigenvalue weighted by Crippen LogP contribution is -2.48. The molecule has 7 heteroatoms. The summed E-state index contributed by atoms with van der Waals surface area (Å²) < 4.78 is 33.2. The molecule has 128 valence electrons. The van der Waals surface area contributed by atoms with E-state index in [1.807, 2.05) is 30.3 Å². The van der Waals surface area contributed by atoms with Gasteiger partial charge >= 0.3 is 0 Å². The molecule has 0 unspecified atom stereocenters. The second-order valence-electron chi connectivity index (χ2n) is 5.49. The van der Waals surface area contributed by atoms with E-state index in [1.54, 1.807) is 29.6 Å². The molecule has 0 aromatic heterocycles. The number of piperazine rings is 1. The minimum absolute atomic E-state index is 0.316. The number of rotatable bonds is 4. The highest BCUT2D eigenvalue weighted by Gasteiger charge is 2.30. The van der Waals surface area contributed by atoms with Crippen LogP contribution < -0.4 is 9.64 Å². The van der Waals surface area contributed by atoms with Crippen LogP contribution in [0.3, 0.4) is 0 Å². The van der Waals surface area contributed by atoms with Crippen LogP contribution in [0.1, 0.15) is 0 Å². The van der Waals surface area contributed by atoms with Crippen molar-refractivity contribution in [1.82, 2.24) is 4.31 Å². The van der Waals surface area contributed by atoms with Crippen molar-refractivity contribution in [3.8, 4) is 5.75 Å². The molecule has 1 fully saturated rings. The lowest BCUT2D eigenvalue weighted by Gasteiger charge is -2.36. The quantitative estimate of drug-likeness (QED) is 0.777. The number of benzene rings is 2. The molecule has 0 spiro atoms. The average molecular weight is 411 g/mol. The molecule has 0 saturated carbocycles. The van der Waals surface area contributed by atoms with E-state index < -0.39 is 10.0 Å². The van der Waals surface area contributed by atoms with Crippen LogP contribution in [-0.2, 0) is 10.0 Å². The molecule has 1 aliphatic rings. The SMILES string of the molecule is COc1ccccc1N1CCN(S(=O)(=O)c2ccccc2Br)CC1. The number of halogens is 1. The predicted molar refractivity (Wildman–Crippen MR) is 98.1 cm³/mol. The third-order valence-electron chi connectivity index (χ3n) is 4.12. The summed E-state index contributed by atoms with van der Waals surface area (Å²) in [5.41, 5.74) is 0.998. The van der Waals surface area contributed by atoms with Gasteiger partial charge < -0.3 is 9.64 Å². The molecule has 1 heterocycles. The minimum Gasteiger partial charge on any atom is -0.495 e. The number of para-hydroxylation sites is 2. The summed E-state index contributed by atoms with van der Waals surface area (Å²) in [7, 11) is -1.84. The van der Waals surface area contributed by atoms with E-state index in [4.69, 9.17) is 4.74 Å². The maximum absolute atomic E-state index is 12.8. The molecular weight excluding hydrogens is 392 g/mol. The highest BCUT2D eigenvalue weighted by Crippen LogP contribution is 2.30. The van der Waals surface area contributed by atoms with Gasteiger partial charge in [-0.15, -0.1) is 0 Å². The molecule has 0 amide bonds. The van der Waals surface area contributed by atoms with Gasteiger partial charge in [0.2, 0.25) is 10.0 Å². The van der Waals surface area contributed by atoms with Crippen molar-refractivity contribution in [3.05, 3.63) is 53.0 Å². The van der Waals surface area contributed by atoms with E-state index in [9.17, 15) is 8.42 Å². The lowest BCUT2D eigenvalue weighted by atomic mass is 10.2. The summed E-state index contributed by atoms with van der Waals surface area (Å²) in [5, 5.41) is 0. The fraction of sp³-hybridized carbons (Fsp3) is 0.294. The molecule has 0 aliphatic carbocycles. The van der Waals surface area contributed by atoms with E-state index in [-0.39, 0.29) is 0 Å². The van der Waals surface area contributed by atoms with E-state index in [0.29, 0.717) is 35.5 Å². The Kier molecular flexibility index (Phi) is 5.12. The monoisotopic (exact) mass is 410 g/mol. The molecular formula is C17H19BrN2O3S. The second-order valence-corrected chi connectivity index (χ2v) is 8.25. The fourth-order valence-electron chi connectivity index (χ4n) is 2.85. The van der Waals surface area contributed by atoms with Crippen molar-refractivity contribution in [1.29, 1.82) is 0 Å². The van der Waals surface area contributed by atoms with Crippen LogP contribution in [-0.4, -0.2) is 46.0 Å². The van der Waals surface area contributed by atoms with E-state index in [2.05, 4.69) is 20.8 Å². The maximum atomic E-state index is 12.8. The Morgan fingerprint density at radius 1 is 0.958 bits per heavy atom. The highest BCUT2D eigenvalue weighted by molar-refractivity contribution is 9.10. The maximum Gasteiger partial charge on any atom is 0.244 e. The normalized spacial score (nSPS) is 16.2. The molecule has 0 atom stereocenters. The smallest absolute Gasteiger partial charge is 0.244 e. The number of anilines is 1. The molecule has 0 radical (unpaired) electrons. The summed E-state index contributed by atoms with van der Waals surface area (Å²) in [6.45, 7) is 2.15. The number of sulfonamides is 1. The minimum atomic E-state index is -3.49. The van der Waals surface area contributed by atoms with Crippen LogP contribution in [0.15, 0.2) is 57.9 Å². The molecule has 3 rings (SSSR count). The number of ether oxygens (including phenoxy) is 1. The van der Waals surface area contributed by atoms with Crippen molar-refractivity contribution in [3.63, 3.8) is 0 Å². The Bertz CT molecular complexity index is 818. The largest absolute Gasteiger partial charge is 0.495 e. The first kappa shape index (κ1) is 17.3. The predicted octanol–water partition coefficient (Wildman–Crippen LogP) is 2.97. The van der Waals surface area contributed by atoms with E-state index >= 15 is 0 Å². The molecule has 5 nitrogen and oxygen atoms in total. The lowest BCUT2D eigenvalue weighted by molar-refractivity contribution is 0.378. The van der Waals surface area contributed by atoms with Crippen molar-refractivity contribution < 1.29 is 13.2 Å². The summed E-state index contributed by atoms with van der Waals surface area (Å²) in [6, 6.07) is 14.7. The van der Waals surface area contributed by atoms with Gasteiger partial charge in [0.15, 0.2) is 0 Å². The third-order valence-corrected chi connectivity index (χ3v) is 7.03. The molecule has 2 aromatic carbocycles. The van der Waals surface area contributed by atoms with E-state index in [0.717, 1.165) is 11.4 Å². The third kappa shape index (κ3) is 3.29. The van der Waals surface area contributed by atoms with Gasteiger partial charge in [0.05, 0.1) is 17.7 Å². The molecule has 0 N–H and O–H groups in total. The Balaban J connectivity index is 1.77. The van der Waals surface area contributed by atoms with Gasteiger partial charge in [-0.05, 0) is 40.2 Å². The van der Waals surface area contributed by atoms with Crippen molar-refractivity contribution in [2.45, 2.75) is 4.90 Å². The molecule has 0 bridgehead atoms. The second kappa shape index (κ2) is 7.13. The first-order chi connectivity index (χ1) is 11.5. The van der Waals surface area contributed by atoms with Crippen LogP contribution >= 0.6 is 15.9 Å².